The number of aromatic nitrogens is 2. The van der Waals surface area contributed by atoms with Gasteiger partial charge in [-0.3, -0.25) is 0 Å². The summed E-state index contributed by atoms with van der Waals surface area (Å²) in [6, 6.07) is 4.53. The number of hydrogen-bond donors (Lipinski definition) is 0. The average molecular weight is 228 g/mol. The molecule has 2 aromatic rings. The minimum absolute atomic E-state index is 0.285. The van der Waals surface area contributed by atoms with Crippen LogP contribution in [0.1, 0.15) is 5.82 Å². The van der Waals surface area contributed by atoms with Crippen LogP contribution < -0.4 is 5.01 Å². The van der Waals surface area contributed by atoms with Crippen LogP contribution in [0.25, 0.3) is 11.0 Å². The lowest BCUT2D eigenvalue weighted by Gasteiger charge is -2.17. The molecule has 0 aliphatic carbocycles. The molecule has 0 saturated carbocycles. The molecule has 1 aromatic heterocycles. The normalized spacial score (nSPS) is 10.9. The molecule has 1 heterocycles. The zero-order chi connectivity index (χ0) is 11.0. The van der Waals surface area contributed by atoms with Gasteiger partial charge in [-0.15, -0.1) is 11.6 Å². The van der Waals surface area contributed by atoms with Crippen LogP contribution in [0.15, 0.2) is 18.2 Å². The van der Waals surface area contributed by atoms with Gasteiger partial charge in [0.2, 0.25) is 0 Å². The summed E-state index contributed by atoms with van der Waals surface area (Å²) < 4.78 is 14.8. The van der Waals surface area contributed by atoms with Gasteiger partial charge in [-0.1, -0.05) is 0 Å². The molecular weight excluding hydrogens is 217 g/mol. The van der Waals surface area contributed by atoms with Crippen molar-refractivity contribution in [2.75, 3.05) is 19.1 Å². The van der Waals surface area contributed by atoms with Crippen molar-refractivity contribution >= 4 is 22.6 Å². The molecule has 0 N–H and O–H groups in total. The quantitative estimate of drug-likeness (QED) is 0.733. The second kappa shape index (κ2) is 3.70. The Labute approximate surface area is 92.0 Å². The molecule has 1 aromatic carbocycles. The first-order valence-corrected chi connectivity index (χ1v) is 5.07. The fraction of sp³-hybridized carbons (Fsp3) is 0.300. The van der Waals surface area contributed by atoms with Crippen molar-refractivity contribution < 1.29 is 4.39 Å². The molecule has 2 rings (SSSR count). The van der Waals surface area contributed by atoms with Crippen molar-refractivity contribution in [3.8, 4) is 0 Å². The summed E-state index contributed by atoms with van der Waals surface area (Å²) in [5.74, 6) is 0.725. The summed E-state index contributed by atoms with van der Waals surface area (Å²) in [6.07, 6.45) is 0. The monoisotopic (exact) mass is 227 g/mol. The van der Waals surface area contributed by atoms with Gasteiger partial charge in [0.15, 0.2) is 0 Å². The van der Waals surface area contributed by atoms with Crippen LogP contribution in [0.3, 0.4) is 0 Å². The van der Waals surface area contributed by atoms with Crippen LogP contribution >= 0.6 is 11.6 Å². The predicted molar refractivity (Wildman–Crippen MR) is 59.3 cm³/mol. The molecule has 0 unspecified atom stereocenters. The van der Waals surface area contributed by atoms with Crippen LogP contribution in [0.2, 0.25) is 0 Å². The van der Waals surface area contributed by atoms with E-state index in [4.69, 9.17) is 11.6 Å². The number of halogens is 2. The number of fused-ring (bicyclic) bond motifs is 1. The first kappa shape index (κ1) is 10.2. The zero-order valence-corrected chi connectivity index (χ0v) is 9.29. The third kappa shape index (κ3) is 1.65. The van der Waals surface area contributed by atoms with E-state index in [1.807, 2.05) is 23.8 Å². The first-order valence-electron chi connectivity index (χ1n) is 4.54. The third-order valence-corrected chi connectivity index (χ3v) is 2.42. The number of imidazole rings is 1. The zero-order valence-electron chi connectivity index (χ0n) is 8.54. The van der Waals surface area contributed by atoms with Crippen LogP contribution in [-0.4, -0.2) is 23.8 Å². The van der Waals surface area contributed by atoms with Crippen molar-refractivity contribution in [2.24, 2.45) is 0 Å². The van der Waals surface area contributed by atoms with Crippen molar-refractivity contribution in [1.82, 2.24) is 9.66 Å². The van der Waals surface area contributed by atoms with E-state index < -0.39 is 0 Å². The lowest BCUT2D eigenvalue weighted by atomic mass is 10.3. The third-order valence-electron chi connectivity index (χ3n) is 2.18. The maximum absolute atomic E-state index is 13.0. The molecule has 5 heteroatoms. The number of rotatable bonds is 2. The smallest absolute Gasteiger partial charge is 0.143 e. The van der Waals surface area contributed by atoms with Gasteiger partial charge in [0, 0.05) is 20.2 Å². The van der Waals surface area contributed by atoms with Gasteiger partial charge in [-0.2, -0.15) is 0 Å². The standard InChI is InChI=1S/C10H11ClFN3/c1-14(2)15-9-4-3-7(12)5-8(9)13-10(15)6-11/h3-5H,6H2,1-2H3. The Hall–Kier alpha value is -1.29. The van der Waals surface area contributed by atoms with E-state index in [1.165, 1.54) is 12.1 Å². The first-order chi connectivity index (χ1) is 7.13. The Morgan fingerprint density at radius 1 is 1.47 bits per heavy atom. The topological polar surface area (TPSA) is 21.1 Å². The van der Waals surface area contributed by atoms with Crippen molar-refractivity contribution in [2.45, 2.75) is 5.88 Å². The highest BCUT2D eigenvalue weighted by atomic mass is 35.5. The number of hydrogen-bond acceptors (Lipinski definition) is 2. The van der Waals surface area contributed by atoms with Crippen LogP contribution in [0.4, 0.5) is 4.39 Å². The van der Waals surface area contributed by atoms with Crippen molar-refractivity contribution in [3.05, 3.63) is 29.8 Å². The molecule has 0 saturated heterocycles. The Bertz CT molecular complexity index is 493. The molecule has 80 valence electrons. The summed E-state index contributed by atoms with van der Waals surface area (Å²) in [6.45, 7) is 0. The molecule has 3 nitrogen and oxygen atoms in total. The molecule has 0 spiro atoms. The average Bonchev–Trinajstić information content (AvgIpc) is 2.54. The molecule has 0 aliphatic heterocycles. The van der Waals surface area contributed by atoms with Crippen LogP contribution in [0, 0.1) is 5.82 Å². The maximum Gasteiger partial charge on any atom is 0.143 e. The molecule has 15 heavy (non-hydrogen) atoms. The van der Waals surface area contributed by atoms with Gasteiger partial charge >= 0.3 is 0 Å². The Kier molecular flexibility index (Phi) is 2.52. The number of nitrogens with zero attached hydrogens (tertiary/aromatic N) is 3. The van der Waals surface area contributed by atoms with E-state index in [0.29, 0.717) is 17.2 Å². The van der Waals surface area contributed by atoms with Gasteiger partial charge < -0.3 is 5.01 Å². The fourth-order valence-corrected chi connectivity index (χ4v) is 1.80. The number of alkyl halides is 1. The molecule has 0 radical (unpaired) electrons. The highest BCUT2D eigenvalue weighted by Crippen LogP contribution is 2.18. The van der Waals surface area contributed by atoms with Gasteiger partial charge in [-0.25, -0.2) is 14.1 Å². The van der Waals surface area contributed by atoms with E-state index in [0.717, 1.165) is 5.52 Å². The van der Waals surface area contributed by atoms with E-state index in [1.54, 1.807) is 6.07 Å². The fourth-order valence-electron chi connectivity index (χ4n) is 1.62. The summed E-state index contributed by atoms with van der Waals surface area (Å²) in [7, 11) is 3.78. The highest BCUT2D eigenvalue weighted by Gasteiger charge is 2.11. The van der Waals surface area contributed by atoms with Gasteiger partial charge in [-0.05, 0) is 12.1 Å². The lowest BCUT2D eigenvalue weighted by molar-refractivity contribution is 0.629. The minimum Gasteiger partial charge on any atom is -0.317 e. The molecular formula is C10H11ClFN3. The lowest BCUT2D eigenvalue weighted by Crippen LogP contribution is -2.26. The maximum atomic E-state index is 13.0. The van der Waals surface area contributed by atoms with Gasteiger partial charge in [0.25, 0.3) is 0 Å². The van der Waals surface area contributed by atoms with E-state index in [9.17, 15) is 4.39 Å². The summed E-state index contributed by atoms with van der Waals surface area (Å²) >= 11 is 5.78. The van der Waals surface area contributed by atoms with Gasteiger partial charge in [0.1, 0.15) is 11.6 Å². The SMILES string of the molecule is CN(C)n1c(CCl)nc2cc(F)ccc21. The van der Waals surface area contributed by atoms with Crippen LogP contribution in [0.5, 0.6) is 0 Å². The van der Waals surface area contributed by atoms with E-state index >= 15 is 0 Å². The Balaban J connectivity index is 2.74. The van der Waals surface area contributed by atoms with Crippen LogP contribution in [-0.2, 0) is 5.88 Å². The number of benzene rings is 1. The molecule has 0 bridgehead atoms. The van der Waals surface area contributed by atoms with E-state index in [2.05, 4.69) is 4.98 Å². The summed E-state index contributed by atoms with van der Waals surface area (Å²) in [5.41, 5.74) is 1.48. The molecule has 0 fully saturated rings. The second-order valence-electron chi connectivity index (χ2n) is 3.45. The molecule has 0 atom stereocenters. The molecule has 0 amide bonds. The summed E-state index contributed by atoms with van der Waals surface area (Å²) in [4.78, 5) is 4.26. The largest absolute Gasteiger partial charge is 0.317 e. The Morgan fingerprint density at radius 3 is 2.80 bits per heavy atom. The van der Waals surface area contributed by atoms with Gasteiger partial charge in [0.05, 0.1) is 16.9 Å². The predicted octanol–water partition coefficient (Wildman–Crippen LogP) is 2.11. The summed E-state index contributed by atoms with van der Waals surface area (Å²) in [5, 5.41) is 1.87. The van der Waals surface area contributed by atoms with Crippen molar-refractivity contribution in [1.29, 1.82) is 0 Å². The minimum atomic E-state index is -0.285. The highest BCUT2D eigenvalue weighted by molar-refractivity contribution is 6.16. The van der Waals surface area contributed by atoms with Crippen molar-refractivity contribution in [3.63, 3.8) is 0 Å². The molecule has 0 aliphatic rings. The van der Waals surface area contributed by atoms with E-state index in [-0.39, 0.29) is 5.82 Å². The second-order valence-corrected chi connectivity index (χ2v) is 3.72. The Morgan fingerprint density at radius 2 is 2.20 bits per heavy atom.